The van der Waals surface area contributed by atoms with Gasteiger partial charge in [0, 0.05) is 6.54 Å². The van der Waals surface area contributed by atoms with Gasteiger partial charge in [0.1, 0.15) is 5.69 Å². The van der Waals surface area contributed by atoms with Crippen molar-refractivity contribution in [1.29, 1.82) is 0 Å². The minimum Gasteiger partial charge on any atom is -0.308 e. The molecule has 0 amide bonds. The minimum atomic E-state index is 0.413. The highest BCUT2D eigenvalue weighted by atomic mass is 35.5. The molecule has 15 heavy (non-hydrogen) atoms. The van der Waals surface area contributed by atoms with Gasteiger partial charge in [-0.3, -0.25) is 0 Å². The topological polar surface area (TPSA) is 34.0 Å². The first-order chi connectivity index (χ1) is 7.06. The fourth-order valence-corrected chi connectivity index (χ4v) is 1.73. The third-order valence-electron chi connectivity index (χ3n) is 2.28. The van der Waals surface area contributed by atoms with Crippen LogP contribution in [0.4, 0.5) is 0 Å². The molecule has 0 saturated carbocycles. The van der Waals surface area contributed by atoms with Gasteiger partial charge in [0.05, 0.1) is 18.1 Å². The average molecular weight is 231 g/mol. The highest BCUT2D eigenvalue weighted by molar-refractivity contribution is 6.16. The molecule has 1 aromatic rings. The van der Waals surface area contributed by atoms with E-state index < -0.39 is 0 Å². The number of aromatic nitrogens is 3. The van der Waals surface area contributed by atoms with Gasteiger partial charge in [-0.15, -0.1) is 16.7 Å². The smallest absolute Gasteiger partial charge is 0.101 e. The van der Waals surface area contributed by atoms with Gasteiger partial charge in [-0.2, -0.15) is 0 Å². The number of rotatable bonds is 5. The predicted octanol–water partition coefficient (Wildman–Crippen LogP) is 1.70. The van der Waals surface area contributed by atoms with E-state index in [0.29, 0.717) is 11.8 Å². The Labute approximate surface area is 96.2 Å². The molecular weight excluding hydrogens is 212 g/mol. The molecule has 0 bridgehead atoms. The first kappa shape index (κ1) is 12.5. The van der Waals surface area contributed by atoms with Crippen LogP contribution in [0.2, 0.25) is 0 Å². The lowest BCUT2D eigenvalue weighted by molar-refractivity contribution is 0.365. The summed E-state index contributed by atoms with van der Waals surface area (Å²) in [6, 6.07) is 0. The zero-order chi connectivity index (χ0) is 11.4. The molecule has 5 heteroatoms. The Bertz CT molecular complexity index is 306. The maximum Gasteiger partial charge on any atom is 0.101 e. The fourth-order valence-electron chi connectivity index (χ4n) is 1.54. The summed E-state index contributed by atoms with van der Waals surface area (Å²) in [4.78, 5) is 2.13. The van der Waals surface area contributed by atoms with Crippen molar-refractivity contribution in [2.75, 3.05) is 20.6 Å². The first-order valence-corrected chi connectivity index (χ1v) is 5.72. The van der Waals surface area contributed by atoms with E-state index in [1.807, 2.05) is 4.68 Å². The van der Waals surface area contributed by atoms with Gasteiger partial charge < -0.3 is 4.90 Å². The summed E-state index contributed by atoms with van der Waals surface area (Å²) in [5.74, 6) is 0.853. The summed E-state index contributed by atoms with van der Waals surface area (Å²) in [5.41, 5.74) is 2.07. The Morgan fingerprint density at radius 1 is 1.40 bits per heavy atom. The lowest BCUT2D eigenvalue weighted by atomic mass is 10.1. The van der Waals surface area contributed by atoms with Crippen molar-refractivity contribution in [1.82, 2.24) is 19.9 Å². The second kappa shape index (κ2) is 5.47. The Hall–Kier alpha value is -0.610. The maximum absolute atomic E-state index is 5.83. The van der Waals surface area contributed by atoms with E-state index in [1.165, 1.54) is 0 Å². The quantitative estimate of drug-likeness (QED) is 0.723. The van der Waals surface area contributed by atoms with Crippen molar-refractivity contribution in [3.05, 3.63) is 11.4 Å². The molecule has 1 heterocycles. The monoisotopic (exact) mass is 230 g/mol. The second-order valence-corrected chi connectivity index (χ2v) is 4.50. The standard InChI is InChI=1S/C10H19ClN4/c1-8(2)10-9(7-11)12-13-15(10)6-5-14(3)4/h8H,5-7H2,1-4H3. The van der Waals surface area contributed by atoms with Crippen LogP contribution in [0.1, 0.15) is 31.2 Å². The number of likely N-dealkylation sites (N-methyl/N-ethyl adjacent to an activating group) is 1. The summed E-state index contributed by atoms with van der Waals surface area (Å²) in [7, 11) is 4.10. The molecule has 1 aromatic heterocycles. The van der Waals surface area contributed by atoms with Crippen LogP contribution in [0.3, 0.4) is 0 Å². The normalized spacial score (nSPS) is 11.7. The summed E-state index contributed by atoms with van der Waals surface area (Å²) in [5, 5.41) is 8.23. The van der Waals surface area contributed by atoms with Crippen LogP contribution in [0.15, 0.2) is 0 Å². The Balaban J connectivity index is 2.82. The lowest BCUT2D eigenvalue weighted by Crippen LogP contribution is -2.20. The molecule has 0 fully saturated rings. The van der Waals surface area contributed by atoms with Crippen LogP contribution in [0.25, 0.3) is 0 Å². The van der Waals surface area contributed by atoms with Crippen molar-refractivity contribution in [2.24, 2.45) is 0 Å². The predicted molar refractivity (Wildman–Crippen MR) is 62.2 cm³/mol. The molecule has 0 N–H and O–H groups in total. The van der Waals surface area contributed by atoms with Crippen molar-refractivity contribution >= 4 is 11.6 Å². The zero-order valence-electron chi connectivity index (χ0n) is 9.87. The van der Waals surface area contributed by atoms with Crippen molar-refractivity contribution in [3.63, 3.8) is 0 Å². The minimum absolute atomic E-state index is 0.413. The first-order valence-electron chi connectivity index (χ1n) is 5.19. The molecule has 1 rings (SSSR count). The van der Waals surface area contributed by atoms with Gasteiger partial charge in [-0.25, -0.2) is 4.68 Å². The number of halogens is 1. The van der Waals surface area contributed by atoms with Crippen molar-refractivity contribution < 1.29 is 0 Å². The molecule has 0 unspecified atom stereocenters. The largest absolute Gasteiger partial charge is 0.308 e. The SMILES string of the molecule is CC(C)c1c(CCl)nnn1CCN(C)C. The van der Waals surface area contributed by atoms with E-state index in [9.17, 15) is 0 Å². The molecule has 0 saturated heterocycles. The van der Waals surface area contributed by atoms with Gasteiger partial charge in [-0.05, 0) is 20.0 Å². The highest BCUT2D eigenvalue weighted by Gasteiger charge is 2.14. The van der Waals surface area contributed by atoms with E-state index in [2.05, 4.69) is 43.2 Å². The molecule has 4 nitrogen and oxygen atoms in total. The van der Waals surface area contributed by atoms with Gasteiger partial charge >= 0.3 is 0 Å². The van der Waals surface area contributed by atoms with Crippen molar-refractivity contribution in [2.45, 2.75) is 32.2 Å². The Morgan fingerprint density at radius 2 is 2.07 bits per heavy atom. The van der Waals surface area contributed by atoms with E-state index in [0.717, 1.165) is 24.5 Å². The van der Waals surface area contributed by atoms with E-state index in [1.54, 1.807) is 0 Å². The van der Waals surface area contributed by atoms with Crippen LogP contribution in [0.5, 0.6) is 0 Å². The molecule has 0 spiro atoms. The third kappa shape index (κ3) is 3.18. The van der Waals surface area contributed by atoms with Crippen LogP contribution in [0, 0.1) is 0 Å². The van der Waals surface area contributed by atoms with Crippen LogP contribution in [-0.4, -0.2) is 40.5 Å². The number of hydrogen-bond donors (Lipinski definition) is 0. The fraction of sp³-hybridized carbons (Fsp3) is 0.800. The zero-order valence-corrected chi connectivity index (χ0v) is 10.6. The molecule has 0 aliphatic heterocycles. The lowest BCUT2D eigenvalue weighted by Gasteiger charge is -2.13. The molecule has 0 aliphatic rings. The molecule has 86 valence electrons. The van der Waals surface area contributed by atoms with Crippen LogP contribution in [-0.2, 0) is 12.4 Å². The van der Waals surface area contributed by atoms with Gasteiger partial charge in [0.25, 0.3) is 0 Å². The van der Waals surface area contributed by atoms with E-state index >= 15 is 0 Å². The third-order valence-corrected chi connectivity index (χ3v) is 2.53. The molecule has 0 radical (unpaired) electrons. The van der Waals surface area contributed by atoms with Gasteiger partial charge in [-0.1, -0.05) is 19.1 Å². The summed E-state index contributed by atoms with van der Waals surface area (Å²) in [6.45, 7) is 6.11. The van der Waals surface area contributed by atoms with Crippen LogP contribution < -0.4 is 0 Å². The maximum atomic E-state index is 5.83. The summed E-state index contributed by atoms with van der Waals surface area (Å²) >= 11 is 5.83. The van der Waals surface area contributed by atoms with E-state index in [-0.39, 0.29) is 0 Å². The Kier molecular flexibility index (Phi) is 4.54. The number of hydrogen-bond acceptors (Lipinski definition) is 3. The molecule has 0 aromatic carbocycles. The summed E-state index contributed by atoms with van der Waals surface area (Å²) in [6.07, 6.45) is 0. The van der Waals surface area contributed by atoms with Crippen molar-refractivity contribution in [3.8, 4) is 0 Å². The van der Waals surface area contributed by atoms with Crippen LogP contribution >= 0.6 is 11.6 Å². The summed E-state index contributed by atoms with van der Waals surface area (Å²) < 4.78 is 1.96. The van der Waals surface area contributed by atoms with Gasteiger partial charge in [0.15, 0.2) is 0 Å². The van der Waals surface area contributed by atoms with Gasteiger partial charge in [0.2, 0.25) is 0 Å². The number of nitrogens with zero attached hydrogens (tertiary/aromatic N) is 4. The second-order valence-electron chi connectivity index (χ2n) is 4.24. The van der Waals surface area contributed by atoms with E-state index in [4.69, 9.17) is 11.6 Å². The molecule has 0 atom stereocenters. The molecular formula is C10H19ClN4. The number of alkyl halides is 1. The average Bonchev–Trinajstić information content (AvgIpc) is 2.57. The molecule has 0 aliphatic carbocycles. The Morgan fingerprint density at radius 3 is 2.53 bits per heavy atom. The highest BCUT2D eigenvalue weighted by Crippen LogP contribution is 2.18.